The van der Waals surface area contributed by atoms with E-state index in [1.165, 1.54) is 0 Å². The van der Waals surface area contributed by atoms with Crippen molar-refractivity contribution in [1.82, 2.24) is 5.32 Å². The second-order valence-electron chi connectivity index (χ2n) is 9.02. The lowest BCUT2D eigenvalue weighted by molar-refractivity contribution is -0.118. The third kappa shape index (κ3) is 4.13. The molecule has 5 nitrogen and oxygen atoms in total. The number of benzene rings is 2. The molecule has 1 aliphatic carbocycles. The number of ether oxygens (including phenoxy) is 1. The lowest BCUT2D eigenvalue weighted by atomic mass is 9.68. The zero-order chi connectivity index (χ0) is 22.2. The summed E-state index contributed by atoms with van der Waals surface area (Å²) in [7, 11) is 1.62. The van der Waals surface area contributed by atoms with Gasteiger partial charge in [-0.3, -0.25) is 9.59 Å². The SMILES string of the molecule is COc1ccc([C@H]2C(C(=O)Nc3ccccc3)=C(C)NC3=C2C(=O)CC(C)(C)C3)cc1. The summed E-state index contributed by atoms with van der Waals surface area (Å²) in [4.78, 5) is 26.7. The molecule has 0 spiro atoms. The smallest absolute Gasteiger partial charge is 0.254 e. The molecule has 1 atom stereocenters. The zero-order valence-electron chi connectivity index (χ0n) is 18.4. The van der Waals surface area contributed by atoms with Crippen molar-refractivity contribution in [3.05, 3.63) is 82.7 Å². The van der Waals surface area contributed by atoms with Crippen LogP contribution in [-0.2, 0) is 9.59 Å². The molecule has 2 aliphatic rings. The molecule has 31 heavy (non-hydrogen) atoms. The van der Waals surface area contributed by atoms with E-state index in [1.54, 1.807) is 7.11 Å². The number of ketones is 1. The Labute approximate surface area is 183 Å². The van der Waals surface area contributed by atoms with Crippen LogP contribution >= 0.6 is 0 Å². The maximum atomic E-state index is 13.4. The van der Waals surface area contributed by atoms with E-state index in [-0.39, 0.29) is 17.1 Å². The summed E-state index contributed by atoms with van der Waals surface area (Å²) < 4.78 is 5.30. The monoisotopic (exact) mass is 416 g/mol. The fraction of sp³-hybridized carbons (Fsp3) is 0.308. The molecule has 0 fully saturated rings. The fourth-order valence-corrected chi connectivity index (χ4v) is 4.59. The normalized spacial score (nSPS) is 20.1. The van der Waals surface area contributed by atoms with Crippen molar-refractivity contribution in [2.45, 2.75) is 39.5 Å². The summed E-state index contributed by atoms with van der Waals surface area (Å²) in [5.74, 6) is 0.201. The number of rotatable bonds is 4. The summed E-state index contributed by atoms with van der Waals surface area (Å²) in [5.41, 5.74) is 4.48. The largest absolute Gasteiger partial charge is 0.497 e. The van der Waals surface area contributed by atoms with Crippen LogP contribution in [0, 0.1) is 5.41 Å². The van der Waals surface area contributed by atoms with Crippen LogP contribution in [0.3, 0.4) is 0 Å². The van der Waals surface area contributed by atoms with Gasteiger partial charge in [0.2, 0.25) is 0 Å². The summed E-state index contributed by atoms with van der Waals surface area (Å²) >= 11 is 0. The topological polar surface area (TPSA) is 67.4 Å². The number of dihydropyridines is 1. The van der Waals surface area contributed by atoms with Crippen LogP contribution in [0.5, 0.6) is 5.75 Å². The van der Waals surface area contributed by atoms with Crippen LogP contribution in [0.15, 0.2) is 77.1 Å². The Morgan fingerprint density at radius 1 is 1.06 bits per heavy atom. The molecule has 1 aliphatic heterocycles. The Kier molecular flexibility index (Phi) is 5.44. The highest BCUT2D eigenvalue weighted by atomic mass is 16.5. The van der Waals surface area contributed by atoms with Gasteiger partial charge in [0.25, 0.3) is 5.91 Å². The highest BCUT2D eigenvalue weighted by molar-refractivity contribution is 6.09. The Balaban J connectivity index is 1.80. The highest BCUT2D eigenvalue weighted by Gasteiger charge is 2.42. The van der Waals surface area contributed by atoms with E-state index in [1.807, 2.05) is 61.5 Å². The van der Waals surface area contributed by atoms with Crippen LogP contribution in [0.2, 0.25) is 0 Å². The molecule has 2 N–H and O–H groups in total. The van der Waals surface area contributed by atoms with Crippen LogP contribution in [0.25, 0.3) is 0 Å². The van der Waals surface area contributed by atoms with Gasteiger partial charge in [-0.05, 0) is 48.6 Å². The second-order valence-corrected chi connectivity index (χ2v) is 9.02. The number of allylic oxidation sites excluding steroid dienone is 3. The van der Waals surface area contributed by atoms with Gasteiger partial charge >= 0.3 is 0 Å². The zero-order valence-corrected chi connectivity index (χ0v) is 18.4. The lowest BCUT2D eigenvalue weighted by Gasteiger charge is -2.39. The summed E-state index contributed by atoms with van der Waals surface area (Å²) in [6.07, 6.45) is 1.23. The average Bonchev–Trinajstić information content (AvgIpc) is 2.72. The number of amides is 1. The van der Waals surface area contributed by atoms with Gasteiger partial charge in [0, 0.05) is 40.6 Å². The van der Waals surface area contributed by atoms with Gasteiger partial charge < -0.3 is 15.4 Å². The molecule has 5 heteroatoms. The number of nitrogens with one attached hydrogen (secondary N) is 2. The van der Waals surface area contributed by atoms with Gasteiger partial charge in [-0.1, -0.05) is 44.2 Å². The molecule has 0 aromatic heterocycles. The first kappa shape index (κ1) is 20.9. The van der Waals surface area contributed by atoms with Crippen molar-refractivity contribution < 1.29 is 14.3 Å². The van der Waals surface area contributed by atoms with Crippen LogP contribution in [0.4, 0.5) is 5.69 Å². The lowest BCUT2D eigenvalue weighted by Crippen LogP contribution is -2.39. The number of methoxy groups -OCH3 is 1. The van der Waals surface area contributed by atoms with E-state index in [9.17, 15) is 9.59 Å². The first-order chi connectivity index (χ1) is 14.8. The minimum Gasteiger partial charge on any atom is -0.497 e. The van der Waals surface area contributed by atoms with Gasteiger partial charge in [0.1, 0.15) is 5.75 Å². The number of hydrogen-bond donors (Lipinski definition) is 2. The maximum absolute atomic E-state index is 13.4. The van der Waals surface area contributed by atoms with Gasteiger partial charge in [0.15, 0.2) is 5.78 Å². The van der Waals surface area contributed by atoms with E-state index in [0.717, 1.165) is 34.8 Å². The molecular weight excluding hydrogens is 388 g/mol. The summed E-state index contributed by atoms with van der Waals surface area (Å²) in [6, 6.07) is 17.0. The van der Waals surface area contributed by atoms with Crippen LogP contribution < -0.4 is 15.4 Å². The molecule has 160 valence electrons. The Morgan fingerprint density at radius 3 is 2.39 bits per heavy atom. The van der Waals surface area contributed by atoms with Crippen molar-refractivity contribution in [3.63, 3.8) is 0 Å². The van der Waals surface area contributed by atoms with Crippen molar-refractivity contribution in [1.29, 1.82) is 0 Å². The molecule has 2 aromatic rings. The van der Waals surface area contributed by atoms with E-state index < -0.39 is 5.92 Å². The third-order valence-electron chi connectivity index (χ3n) is 5.97. The predicted octanol–water partition coefficient (Wildman–Crippen LogP) is 4.94. The standard InChI is InChI=1S/C26H28N2O3/c1-16-22(25(30)28-18-8-6-5-7-9-18)23(17-10-12-19(31-4)13-11-17)24-20(27-16)14-26(2,3)15-21(24)29/h5-13,23,27H,14-15H2,1-4H3,(H,28,30)/t23-/m0/s1. The molecule has 0 unspecified atom stereocenters. The van der Waals surface area contributed by atoms with Crippen molar-refractivity contribution >= 4 is 17.4 Å². The Morgan fingerprint density at radius 2 is 1.74 bits per heavy atom. The number of carbonyl (C=O) groups is 2. The molecule has 0 saturated heterocycles. The molecule has 4 rings (SSSR count). The minimum atomic E-state index is -0.422. The van der Waals surface area contributed by atoms with E-state index >= 15 is 0 Å². The van der Waals surface area contributed by atoms with Crippen molar-refractivity contribution in [2.75, 3.05) is 12.4 Å². The quantitative estimate of drug-likeness (QED) is 0.741. The van der Waals surface area contributed by atoms with Crippen molar-refractivity contribution in [3.8, 4) is 5.75 Å². The molecule has 0 bridgehead atoms. The average molecular weight is 417 g/mol. The van der Waals surface area contributed by atoms with Gasteiger partial charge in [0.05, 0.1) is 7.11 Å². The predicted molar refractivity (Wildman–Crippen MR) is 122 cm³/mol. The molecular formula is C26H28N2O3. The maximum Gasteiger partial charge on any atom is 0.254 e. The number of Topliss-reactive ketones (excluding diaryl/α,β-unsaturated/α-hetero) is 1. The Bertz CT molecular complexity index is 1080. The van der Waals surface area contributed by atoms with Crippen LogP contribution in [0.1, 0.15) is 45.1 Å². The fourth-order valence-electron chi connectivity index (χ4n) is 4.59. The van der Waals surface area contributed by atoms with Gasteiger partial charge in [-0.2, -0.15) is 0 Å². The van der Waals surface area contributed by atoms with Crippen LogP contribution in [-0.4, -0.2) is 18.8 Å². The molecule has 1 amide bonds. The van der Waals surface area contributed by atoms with Gasteiger partial charge in [-0.25, -0.2) is 0 Å². The first-order valence-electron chi connectivity index (χ1n) is 10.5. The minimum absolute atomic E-state index is 0.0945. The van der Waals surface area contributed by atoms with E-state index in [4.69, 9.17) is 4.74 Å². The number of anilines is 1. The molecule has 0 radical (unpaired) electrons. The highest BCUT2D eigenvalue weighted by Crippen LogP contribution is 2.46. The van der Waals surface area contributed by atoms with Gasteiger partial charge in [-0.15, -0.1) is 0 Å². The van der Waals surface area contributed by atoms with E-state index in [2.05, 4.69) is 24.5 Å². The first-order valence-corrected chi connectivity index (χ1v) is 10.5. The molecule has 2 aromatic carbocycles. The molecule has 1 heterocycles. The number of carbonyl (C=O) groups excluding carboxylic acids is 2. The number of hydrogen-bond acceptors (Lipinski definition) is 4. The van der Waals surface area contributed by atoms with Crippen molar-refractivity contribution in [2.24, 2.45) is 5.41 Å². The summed E-state index contributed by atoms with van der Waals surface area (Å²) in [5, 5.41) is 6.39. The molecule has 0 saturated carbocycles. The third-order valence-corrected chi connectivity index (χ3v) is 5.97. The van der Waals surface area contributed by atoms with E-state index in [0.29, 0.717) is 17.6 Å². The number of para-hydroxylation sites is 1. The second kappa shape index (κ2) is 8.06. The summed E-state index contributed by atoms with van der Waals surface area (Å²) in [6.45, 7) is 6.12. The Hall–Kier alpha value is -3.34.